The van der Waals surface area contributed by atoms with Crippen molar-refractivity contribution in [2.75, 3.05) is 12.8 Å². The molecule has 2 aromatic carbocycles. The number of benzene rings is 2. The van der Waals surface area contributed by atoms with Crippen LogP contribution in [0.3, 0.4) is 0 Å². The summed E-state index contributed by atoms with van der Waals surface area (Å²) >= 11 is 0. The van der Waals surface area contributed by atoms with Gasteiger partial charge in [-0.05, 0) is 47.4 Å². The monoisotopic (exact) mass is 416 g/mol. The van der Waals surface area contributed by atoms with Gasteiger partial charge >= 0.3 is 5.69 Å². The minimum Gasteiger partial charge on any atom is -0.327 e. The van der Waals surface area contributed by atoms with Gasteiger partial charge in [-0.2, -0.15) is 5.10 Å². The Bertz CT molecular complexity index is 1230. The summed E-state index contributed by atoms with van der Waals surface area (Å²) < 4.78 is 38.6. The second-order valence-electron chi connectivity index (χ2n) is 6.66. The minimum absolute atomic E-state index is 0.00616. The summed E-state index contributed by atoms with van der Waals surface area (Å²) in [4.78, 5) is 12.9. The van der Waals surface area contributed by atoms with Gasteiger partial charge < -0.3 is 5.73 Å². The van der Waals surface area contributed by atoms with E-state index in [-0.39, 0.29) is 23.6 Å². The van der Waals surface area contributed by atoms with E-state index in [2.05, 4.69) is 5.10 Å². The van der Waals surface area contributed by atoms with Gasteiger partial charge in [-0.25, -0.2) is 26.9 Å². The second-order valence-corrected chi connectivity index (χ2v) is 8.67. The number of hydrogen-bond donors (Lipinski definition) is 1. The van der Waals surface area contributed by atoms with Gasteiger partial charge in [-0.1, -0.05) is 24.3 Å². The third-order valence-corrected chi connectivity index (χ3v) is 5.79. The van der Waals surface area contributed by atoms with Crippen LogP contribution in [0.2, 0.25) is 0 Å². The highest BCUT2D eigenvalue weighted by Crippen LogP contribution is 2.28. The zero-order chi connectivity index (χ0) is 21.2. The average Bonchev–Trinajstić information content (AvgIpc) is 3.06. The first-order valence-electron chi connectivity index (χ1n) is 8.79. The van der Waals surface area contributed by atoms with Crippen molar-refractivity contribution in [3.63, 3.8) is 0 Å². The molecule has 0 spiro atoms. The van der Waals surface area contributed by atoms with Crippen molar-refractivity contribution in [2.45, 2.75) is 18.4 Å². The molecule has 9 heteroatoms. The molecule has 3 aromatic rings. The number of nitrogens with two attached hydrogens (primary N) is 1. The van der Waals surface area contributed by atoms with Crippen molar-refractivity contribution in [2.24, 2.45) is 5.73 Å². The fraction of sp³-hybridized carbons (Fsp3) is 0.200. The molecule has 1 aromatic heterocycles. The average molecular weight is 416 g/mol. The molecule has 0 saturated carbocycles. The predicted octanol–water partition coefficient (Wildman–Crippen LogP) is 2.23. The third-order valence-electron chi connectivity index (χ3n) is 4.66. The standard InChI is InChI=1S/C20H21FN4O3S/c1-14-18(16-6-8-17(9-7-16)29(2,27)28)4-3-5-19(14)24-13-23-25(20(24)26)12-15(10-21)11-22/h3-10,13H,11-12,22H2,1-2H3/b15-10+. The lowest BCUT2D eigenvalue weighted by molar-refractivity contribution is 0.602. The summed E-state index contributed by atoms with van der Waals surface area (Å²) in [5.41, 5.74) is 8.42. The van der Waals surface area contributed by atoms with E-state index in [1.165, 1.54) is 10.9 Å². The van der Waals surface area contributed by atoms with Crippen LogP contribution in [0.1, 0.15) is 5.56 Å². The third kappa shape index (κ3) is 4.20. The normalized spacial score (nSPS) is 12.3. The maximum absolute atomic E-state index is 12.8. The Labute approximate surface area is 167 Å². The van der Waals surface area contributed by atoms with Crippen LogP contribution in [-0.2, 0) is 16.4 Å². The maximum Gasteiger partial charge on any atom is 0.350 e. The van der Waals surface area contributed by atoms with Gasteiger partial charge in [0.05, 0.1) is 23.5 Å². The number of rotatable bonds is 6. The lowest BCUT2D eigenvalue weighted by Crippen LogP contribution is -2.26. The number of aromatic nitrogens is 3. The highest BCUT2D eigenvalue weighted by molar-refractivity contribution is 7.90. The minimum atomic E-state index is -3.28. The first kappa shape index (κ1) is 20.7. The molecule has 0 unspecified atom stereocenters. The molecule has 7 nitrogen and oxygen atoms in total. The quantitative estimate of drug-likeness (QED) is 0.664. The van der Waals surface area contributed by atoms with Crippen LogP contribution in [0.25, 0.3) is 16.8 Å². The van der Waals surface area contributed by atoms with Gasteiger partial charge in [0.15, 0.2) is 9.84 Å². The Morgan fingerprint density at radius 2 is 1.90 bits per heavy atom. The summed E-state index contributed by atoms with van der Waals surface area (Å²) in [6.07, 6.45) is 2.93. The van der Waals surface area contributed by atoms with Gasteiger partial charge in [-0.15, -0.1) is 0 Å². The SMILES string of the molecule is Cc1c(-c2ccc(S(C)(=O)=O)cc2)cccc1-n1cnn(C/C(=C/F)CN)c1=O. The summed E-state index contributed by atoms with van der Waals surface area (Å²) in [6.45, 7) is 1.84. The number of halogens is 1. The van der Waals surface area contributed by atoms with E-state index >= 15 is 0 Å². The van der Waals surface area contributed by atoms with Crippen LogP contribution in [0.15, 0.2) is 70.4 Å². The molecule has 0 aliphatic rings. The van der Waals surface area contributed by atoms with E-state index < -0.39 is 15.5 Å². The Hall–Kier alpha value is -3.04. The van der Waals surface area contributed by atoms with Crippen molar-refractivity contribution in [3.8, 4) is 16.8 Å². The maximum atomic E-state index is 12.8. The molecule has 0 fully saturated rings. The van der Waals surface area contributed by atoms with E-state index in [0.717, 1.165) is 27.6 Å². The summed E-state index contributed by atoms with van der Waals surface area (Å²) in [5, 5.41) is 4.05. The smallest absolute Gasteiger partial charge is 0.327 e. The van der Waals surface area contributed by atoms with E-state index in [1.807, 2.05) is 13.0 Å². The van der Waals surface area contributed by atoms with Gasteiger partial charge in [0.25, 0.3) is 0 Å². The molecule has 0 bridgehead atoms. The van der Waals surface area contributed by atoms with Gasteiger partial charge in [0.1, 0.15) is 6.33 Å². The van der Waals surface area contributed by atoms with Crippen LogP contribution in [0, 0.1) is 6.92 Å². The van der Waals surface area contributed by atoms with Crippen LogP contribution in [-0.4, -0.2) is 35.6 Å². The highest BCUT2D eigenvalue weighted by atomic mass is 32.2. The first-order valence-corrected chi connectivity index (χ1v) is 10.7. The van der Waals surface area contributed by atoms with E-state index in [9.17, 15) is 17.6 Å². The molecule has 0 saturated heterocycles. The van der Waals surface area contributed by atoms with Crippen molar-refractivity contribution in [1.82, 2.24) is 14.3 Å². The van der Waals surface area contributed by atoms with Crippen molar-refractivity contribution < 1.29 is 12.8 Å². The lowest BCUT2D eigenvalue weighted by Gasteiger charge is -2.12. The molecule has 152 valence electrons. The Balaban J connectivity index is 2.02. The predicted molar refractivity (Wildman–Crippen MR) is 109 cm³/mol. The molecule has 0 amide bonds. The second kappa shape index (κ2) is 8.14. The van der Waals surface area contributed by atoms with Crippen LogP contribution in [0.4, 0.5) is 4.39 Å². The fourth-order valence-corrected chi connectivity index (χ4v) is 3.66. The summed E-state index contributed by atoms with van der Waals surface area (Å²) in [7, 11) is -3.28. The Kier molecular flexibility index (Phi) is 5.81. The molecule has 0 aliphatic carbocycles. The van der Waals surface area contributed by atoms with Crippen molar-refractivity contribution in [1.29, 1.82) is 0 Å². The van der Waals surface area contributed by atoms with Crippen LogP contribution in [0.5, 0.6) is 0 Å². The first-order chi connectivity index (χ1) is 13.8. The molecular formula is C20H21FN4O3S. The van der Waals surface area contributed by atoms with E-state index in [0.29, 0.717) is 12.0 Å². The molecule has 0 atom stereocenters. The number of nitrogens with zero attached hydrogens (tertiary/aromatic N) is 3. The molecule has 2 N–H and O–H groups in total. The molecule has 29 heavy (non-hydrogen) atoms. The Morgan fingerprint density at radius 1 is 1.21 bits per heavy atom. The van der Waals surface area contributed by atoms with Gasteiger partial charge in [0.2, 0.25) is 0 Å². The summed E-state index contributed by atoms with van der Waals surface area (Å²) in [5.74, 6) is 0. The molecule has 1 heterocycles. The molecule has 0 aliphatic heterocycles. The number of hydrogen-bond acceptors (Lipinski definition) is 5. The topological polar surface area (TPSA) is 100.0 Å². The lowest BCUT2D eigenvalue weighted by atomic mass is 9.99. The zero-order valence-electron chi connectivity index (χ0n) is 16.0. The fourth-order valence-electron chi connectivity index (χ4n) is 3.03. The molecular weight excluding hydrogens is 395 g/mol. The number of sulfone groups is 1. The van der Waals surface area contributed by atoms with Crippen LogP contribution >= 0.6 is 0 Å². The Morgan fingerprint density at radius 3 is 2.48 bits per heavy atom. The van der Waals surface area contributed by atoms with Crippen molar-refractivity contribution in [3.05, 3.63) is 76.7 Å². The van der Waals surface area contributed by atoms with Gasteiger partial charge in [0, 0.05) is 12.8 Å². The largest absolute Gasteiger partial charge is 0.350 e. The molecule has 3 rings (SSSR count). The molecule has 0 radical (unpaired) electrons. The van der Waals surface area contributed by atoms with Crippen LogP contribution < -0.4 is 11.4 Å². The van der Waals surface area contributed by atoms with E-state index in [1.54, 1.807) is 36.4 Å². The zero-order valence-corrected chi connectivity index (χ0v) is 16.9. The van der Waals surface area contributed by atoms with Gasteiger partial charge in [-0.3, -0.25) is 0 Å². The highest BCUT2D eigenvalue weighted by Gasteiger charge is 2.14. The summed E-state index contributed by atoms with van der Waals surface area (Å²) in [6, 6.07) is 12.0. The van der Waals surface area contributed by atoms with Crippen molar-refractivity contribution >= 4 is 9.84 Å². The van der Waals surface area contributed by atoms with E-state index in [4.69, 9.17) is 5.73 Å².